The summed E-state index contributed by atoms with van der Waals surface area (Å²) in [5.74, 6) is 0. The number of benzene rings is 1. The molecule has 0 aliphatic rings. The topological polar surface area (TPSA) is 63.4 Å². The molecule has 0 aliphatic carbocycles. The van der Waals surface area contributed by atoms with E-state index in [1.54, 1.807) is 13.0 Å². The van der Waals surface area contributed by atoms with Crippen LogP contribution >= 0.6 is 12.4 Å². The minimum atomic E-state index is -3.22. The first-order valence-corrected chi connectivity index (χ1v) is 6.61. The third-order valence-corrected chi connectivity index (χ3v) is 3.42. The van der Waals surface area contributed by atoms with Gasteiger partial charge in [0.15, 0.2) is 0 Å². The molecule has 1 aromatic rings. The maximum atomic E-state index is 11.5. The van der Waals surface area contributed by atoms with Crippen molar-refractivity contribution in [2.75, 3.05) is 17.1 Å². The van der Waals surface area contributed by atoms with Crippen molar-refractivity contribution >= 4 is 28.1 Å². The van der Waals surface area contributed by atoms with Crippen molar-refractivity contribution < 1.29 is 8.42 Å². The highest BCUT2D eigenvalue weighted by Gasteiger charge is 2.17. The van der Waals surface area contributed by atoms with Crippen LogP contribution in [-0.4, -0.2) is 21.2 Å². The van der Waals surface area contributed by atoms with E-state index >= 15 is 0 Å². The van der Waals surface area contributed by atoms with Crippen molar-refractivity contribution in [3.05, 3.63) is 29.8 Å². The van der Waals surface area contributed by atoms with Crippen molar-refractivity contribution in [3.63, 3.8) is 0 Å². The van der Waals surface area contributed by atoms with Crippen LogP contribution in [0.3, 0.4) is 0 Å². The molecule has 0 saturated carbocycles. The second-order valence-electron chi connectivity index (χ2n) is 3.26. The van der Waals surface area contributed by atoms with E-state index in [1.807, 2.05) is 18.2 Å². The monoisotopic (exact) mass is 264 g/mol. The SMILES string of the molecule is CCN(c1ccccc1CN)S(C)(=O)=O.Cl. The van der Waals surface area contributed by atoms with Crippen molar-refractivity contribution in [1.82, 2.24) is 0 Å². The molecule has 0 aliphatic heterocycles. The minimum absolute atomic E-state index is 0. The number of nitrogens with zero attached hydrogens (tertiary/aromatic N) is 1. The Bertz CT molecular complexity index is 434. The molecule has 0 bridgehead atoms. The van der Waals surface area contributed by atoms with Gasteiger partial charge in [-0.3, -0.25) is 4.31 Å². The second kappa shape index (κ2) is 6.08. The van der Waals surface area contributed by atoms with Gasteiger partial charge >= 0.3 is 0 Å². The van der Waals surface area contributed by atoms with E-state index in [4.69, 9.17) is 5.73 Å². The molecule has 2 N–H and O–H groups in total. The molecule has 1 rings (SSSR count). The van der Waals surface area contributed by atoms with E-state index in [0.29, 0.717) is 18.8 Å². The summed E-state index contributed by atoms with van der Waals surface area (Å²) in [5.41, 5.74) is 7.07. The van der Waals surface area contributed by atoms with Crippen LogP contribution in [0.15, 0.2) is 24.3 Å². The fraction of sp³-hybridized carbons (Fsp3) is 0.400. The van der Waals surface area contributed by atoms with Crippen molar-refractivity contribution in [2.24, 2.45) is 5.73 Å². The third-order valence-electron chi connectivity index (χ3n) is 2.17. The van der Waals surface area contributed by atoms with Gasteiger partial charge in [0.05, 0.1) is 11.9 Å². The van der Waals surface area contributed by atoms with Crippen LogP contribution in [0.2, 0.25) is 0 Å². The number of nitrogens with two attached hydrogens (primary N) is 1. The van der Waals surface area contributed by atoms with Crippen LogP contribution in [0.1, 0.15) is 12.5 Å². The van der Waals surface area contributed by atoms with Gasteiger partial charge in [-0.2, -0.15) is 0 Å². The molecule has 0 atom stereocenters. The van der Waals surface area contributed by atoms with Gasteiger partial charge in [0.1, 0.15) is 0 Å². The molecule has 0 fully saturated rings. The lowest BCUT2D eigenvalue weighted by atomic mass is 10.2. The summed E-state index contributed by atoms with van der Waals surface area (Å²) in [5, 5.41) is 0. The molecule has 0 unspecified atom stereocenters. The number of sulfonamides is 1. The lowest BCUT2D eigenvalue weighted by Crippen LogP contribution is -2.30. The van der Waals surface area contributed by atoms with Crippen LogP contribution in [0.25, 0.3) is 0 Å². The highest BCUT2D eigenvalue weighted by Crippen LogP contribution is 2.21. The molecular weight excluding hydrogens is 248 g/mol. The predicted octanol–water partition coefficient (Wildman–Crippen LogP) is 1.35. The molecule has 6 heteroatoms. The molecule has 92 valence electrons. The summed E-state index contributed by atoms with van der Waals surface area (Å²) < 4.78 is 24.4. The lowest BCUT2D eigenvalue weighted by molar-refractivity contribution is 0.597. The van der Waals surface area contributed by atoms with Gasteiger partial charge in [-0.15, -0.1) is 12.4 Å². The third kappa shape index (κ3) is 3.37. The van der Waals surface area contributed by atoms with Crippen molar-refractivity contribution in [1.29, 1.82) is 0 Å². The molecule has 0 aromatic heterocycles. The molecule has 4 nitrogen and oxygen atoms in total. The van der Waals surface area contributed by atoms with Gasteiger partial charge in [0, 0.05) is 13.1 Å². The zero-order valence-corrected chi connectivity index (χ0v) is 11.0. The minimum Gasteiger partial charge on any atom is -0.326 e. The largest absolute Gasteiger partial charge is 0.326 e. The van der Waals surface area contributed by atoms with Gasteiger partial charge in [0.2, 0.25) is 10.0 Å². The first-order chi connectivity index (χ1) is 7.00. The molecule has 0 heterocycles. The molecule has 0 spiro atoms. The van der Waals surface area contributed by atoms with Gasteiger partial charge in [-0.1, -0.05) is 18.2 Å². The van der Waals surface area contributed by atoms with Crippen LogP contribution in [0, 0.1) is 0 Å². The van der Waals surface area contributed by atoms with Gasteiger partial charge in [-0.25, -0.2) is 8.42 Å². The summed E-state index contributed by atoms with van der Waals surface area (Å²) >= 11 is 0. The summed E-state index contributed by atoms with van der Waals surface area (Å²) in [4.78, 5) is 0. The Morgan fingerprint density at radius 1 is 1.31 bits per heavy atom. The molecular formula is C10H17ClN2O2S. The van der Waals surface area contributed by atoms with Gasteiger partial charge in [-0.05, 0) is 18.6 Å². The van der Waals surface area contributed by atoms with E-state index < -0.39 is 10.0 Å². The van der Waals surface area contributed by atoms with Crippen LogP contribution in [0.4, 0.5) is 5.69 Å². The van der Waals surface area contributed by atoms with Gasteiger partial charge < -0.3 is 5.73 Å². The molecule has 0 amide bonds. The number of hydrogen-bond donors (Lipinski definition) is 1. The zero-order valence-electron chi connectivity index (χ0n) is 9.38. The van der Waals surface area contributed by atoms with Crippen LogP contribution in [-0.2, 0) is 16.6 Å². The normalized spacial score (nSPS) is 10.7. The molecule has 16 heavy (non-hydrogen) atoms. The lowest BCUT2D eigenvalue weighted by Gasteiger charge is -2.22. The number of hydrogen-bond acceptors (Lipinski definition) is 3. The average Bonchev–Trinajstić information content (AvgIpc) is 2.17. The quantitative estimate of drug-likeness (QED) is 0.893. The Kier molecular flexibility index (Phi) is 5.78. The Hall–Kier alpha value is -0.780. The summed E-state index contributed by atoms with van der Waals surface area (Å²) in [6, 6.07) is 7.26. The second-order valence-corrected chi connectivity index (χ2v) is 5.17. The molecule has 1 aromatic carbocycles. The van der Waals surface area contributed by atoms with Gasteiger partial charge in [0.25, 0.3) is 0 Å². The van der Waals surface area contributed by atoms with Crippen LogP contribution < -0.4 is 10.0 Å². The zero-order chi connectivity index (χ0) is 11.5. The van der Waals surface area contributed by atoms with E-state index in [2.05, 4.69) is 0 Å². The number of anilines is 1. The van der Waals surface area contributed by atoms with Crippen LogP contribution in [0.5, 0.6) is 0 Å². The Balaban J connectivity index is 0.00000225. The Morgan fingerprint density at radius 2 is 1.88 bits per heavy atom. The first kappa shape index (κ1) is 15.2. The van der Waals surface area contributed by atoms with E-state index in [1.165, 1.54) is 10.6 Å². The highest BCUT2D eigenvalue weighted by molar-refractivity contribution is 7.92. The average molecular weight is 265 g/mol. The standard InChI is InChI=1S/C10H16N2O2S.ClH/c1-3-12(15(2,13)14)10-7-5-4-6-9(10)8-11;/h4-7H,3,8,11H2,1-2H3;1H. The van der Waals surface area contributed by atoms with Crippen molar-refractivity contribution in [2.45, 2.75) is 13.5 Å². The Morgan fingerprint density at radius 3 is 2.31 bits per heavy atom. The fourth-order valence-electron chi connectivity index (χ4n) is 1.51. The summed E-state index contributed by atoms with van der Waals surface area (Å²) in [6.07, 6.45) is 1.20. The van der Waals surface area contributed by atoms with E-state index in [0.717, 1.165) is 5.56 Å². The number of para-hydroxylation sites is 1. The molecule has 0 radical (unpaired) electrons. The number of halogens is 1. The van der Waals surface area contributed by atoms with E-state index in [9.17, 15) is 8.42 Å². The number of rotatable bonds is 4. The maximum Gasteiger partial charge on any atom is 0.232 e. The molecule has 0 saturated heterocycles. The first-order valence-electron chi connectivity index (χ1n) is 4.76. The smallest absolute Gasteiger partial charge is 0.232 e. The van der Waals surface area contributed by atoms with Crippen molar-refractivity contribution in [3.8, 4) is 0 Å². The fourth-order valence-corrected chi connectivity index (χ4v) is 2.51. The summed E-state index contributed by atoms with van der Waals surface area (Å²) in [6.45, 7) is 2.55. The van der Waals surface area contributed by atoms with E-state index in [-0.39, 0.29) is 12.4 Å². The maximum absolute atomic E-state index is 11.5. The predicted molar refractivity (Wildman–Crippen MR) is 69.4 cm³/mol. The Labute approximate surface area is 103 Å². The summed E-state index contributed by atoms with van der Waals surface area (Å²) in [7, 11) is -3.22. The highest BCUT2D eigenvalue weighted by atomic mass is 35.5.